The molecule has 0 saturated heterocycles. The molecule has 8 heteroatoms. The van der Waals surface area contributed by atoms with Crippen LogP contribution >= 0.6 is 0 Å². The molecule has 3 N–H and O–H groups in total. The molecular formula is C17H15FN4O3. The lowest BCUT2D eigenvalue weighted by Crippen LogP contribution is -2.24. The van der Waals surface area contributed by atoms with Gasteiger partial charge in [-0.25, -0.2) is 9.18 Å². The number of nitrogens with zero attached hydrogens (tertiary/aromatic N) is 2. The average Bonchev–Trinajstić information content (AvgIpc) is 3.07. The molecule has 1 aromatic carbocycles. The fraction of sp³-hybridized carbons (Fsp3) is 0.235. The molecule has 1 heterocycles. The smallest absolute Gasteiger partial charge is 0.405 e. The van der Waals surface area contributed by atoms with Crippen LogP contribution in [0.3, 0.4) is 0 Å². The number of halogens is 1. The lowest BCUT2D eigenvalue weighted by molar-refractivity contribution is 0.101. The van der Waals surface area contributed by atoms with Crippen LogP contribution in [0.4, 0.5) is 14.9 Å². The van der Waals surface area contributed by atoms with Crippen LogP contribution in [0.1, 0.15) is 39.6 Å². The van der Waals surface area contributed by atoms with Gasteiger partial charge in [-0.2, -0.15) is 5.26 Å². The van der Waals surface area contributed by atoms with Gasteiger partial charge in [-0.3, -0.25) is 4.79 Å². The van der Waals surface area contributed by atoms with E-state index in [0.717, 1.165) is 17.2 Å². The van der Waals surface area contributed by atoms with Crippen LogP contribution in [-0.2, 0) is 13.5 Å². The monoisotopic (exact) mass is 342 g/mol. The molecule has 1 atom stereocenters. The van der Waals surface area contributed by atoms with Crippen molar-refractivity contribution in [1.82, 2.24) is 9.88 Å². The molecule has 2 aromatic rings. The third-order valence-electron chi connectivity index (χ3n) is 4.24. The molecule has 1 unspecified atom stereocenters. The SMILES string of the molecule is Cn1cc2c(c1C(=O)Nc1ccc(F)c(C#N)c1)CCC2NC(=O)O. The fourth-order valence-electron chi connectivity index (χ4n) is 3.18. The van der Waals surface area contributed by atoms with E-state index in [1.54, 1.807) is 23.9 Å². The van der Waals surface area contributed by atoms with Crippen LogP contribution < -0.4 is 10.6 Å². The molecule has 0 aliphatic heterocycles. The number of aromatic nitrogens is 1. The number of aryl methyl sites for hydroxylation is 1. The van der Waals surface area contributed by atoms with E-state index in [4.69, 9.17) is 10.4 Å². The number of anilines is 1. The van der Waals surface area contributed by atoms with Gasteiger partial charge in [-0.15, -0.1) is 0 Å². The lowest BCUT2D eigenvalue weighted by Gasteiger charge is -2.09. The number of carbonyl (C=O) groups is 2. The zero-order valence-corrected chi connectivity index (χ0v) is 13.3. The summed E-state index contributed by atoms with van der Waals surface area (Å²) < 4.78 is 15.0. The van der Waals surface area contributed by atoms with Crippen LogP contribution in [-0.4, -0.2) is 21.7 Å². The van der Waals surface area contributed by atoms with E-state index in [1.807, 2.05) is 0 Å². The number of amides is 2. The average molecular weight is 342 g/mol. The van der Waals surface area contributed by atoms with Gasteiger partial charge in [0.05, 0.1) is 11.6 Å². The lowest BCUT2D eigenvalue weighted by atomic mass is 10.1. The largest absolute Gasteiger partial charge is 0.465 e. The molecule has 0 saturated carbocycles. The molecule has 1 aliphatic rings. The number of nitrogens with one attached hydrogen (secondary N) is 2. The number of hydrogen-bond acceptors (Lipinski definition) is 3. The first-order chi connectivity index (χ1) is 11.9. The van der Waals surface area contributed by atoms with Crippen molar-refractivity contribution in [3.8, 4) is 6.07 Å². The van der Waals surface area contributed by atoms with Gasteiger partial charge in [0.25, 0.3) is 5.91 Å². The number of fused-ring (bicyclic) bond motifs is 1. The van der Waals surface area contributed by atoms with Crippen LogP contribution in [0.2, 0.25) is 0 Å². The molecule has 0 spiro atoms. The molecule has 1 aliphatic carbocycles. The Hall–Kier alpha value is -3.34. The van der Waals surface area contributed by atoms with Crippen molar-refractivity contribution in [2.45, 2.75) is 18.9 Å². The quantitative estimate of drug-likeness (QED) is 0.796. The van der Waals surface area contributed by atoms with Crippen molar-refractivity contribution in [3.63, 3.8) is 0 Å². The highest BCUT2D eigenvalue weighted by molar-refractivity contribution is 6.04. The normalized spacial score (nSPS) is 15.3. The van der Waals surface area contributed by atoms with E-state index >= 15 is 0 Å². The number of carboxylic acid groups (broad SMARTS) is 1. The van der Waals surface area contributed by atoms with E-state index < -0.39 is 17.8 Å². The second-order valence-electron chi connectivity index (χ2n) is 5.82. The molecule has 0 bridgehead atoms. The van der Waals surface area contributed by atoms with Crippen molar-refractivity contribution >= 4 is 17.7 Å². The summed E-state index contributed by atoms with van der Waals surface area (Å²) in [4.78, 5) is 23.5. The first-order valence-electron chi connectivity index (χ1n) is 7.59. The molecule has 1 aromatic heterocycles. The highest BCUT2D eigenvalue weighted by Gasteiger charge is 2.31. The van der Waals surface area contributed by atoms with E-state index in [0.29, 0.717) is 24.2 Å². The Bertz CT molecular complexity index is 913. The second-order valence-corrected chi connectivity index (χ2v) is 5.82. The first-order valence-corrected chi connectivity index (χ1v) is 7.59. The van der Waals surface area contributed by atoms with E-state index in [-0.39, 0.29) is 11.6 Å². The Morgan fingerprint density at radius 3 is 2.88 bits per heavy atom. The summed E-state index contributed by atoms with van der Waals surface area (Å²) in [5.41, 5.74) is 2.16. The summed E-state index contributed by atoms with van der Waals surface area (Å²) in [5, 5.41) is 22.9. The maximum absolute atomic E-state index is 13.4. The summed E-state index contributed by atoms with van der Waals surface area (Å²) in [6.45, 7) is 0. The van der Waals surface area contributed by atoms with Crippen LogP contribution in [0.25, 0.3) is 0 Å². The van der Waals surface area contributed by atoms with Crippen molar-refractivity contribution in [1.29, 1.82) is 5.26 Å². The maximum Gasteiger partial charge on any atom is 0.405 e. The third-order valence-corrected chi connectivity index (χ3v) is 4.24. The number of nitriles is 1. The Labute approximate surface area is 142 Å². The van der Waals surface area contributed by atoms with Gasteiger partial charge in [-0.1, -0.05) is 0 Å². The summed E-state index contributed by atoms with van der Waals surface area (Å²) >= 11 is 0. The first kappa shape index (κ1) is 16.5. The minimum atomic E-state index is -1.11. The molecular weight excluding hydrogens is 327 g/mol. The summed E-state index contributed by atoms with van der Waals surface area (Å²) in [6.07, 6.45) is 1.80. The molecule has 25 heavy (non-hydrogen) atoms. The van der Waals surface area contributed by atoms with Crippen molar-refractivity contribution in [3.05, 3.63) is 52.6 Å². The van der Waals surface area contributed by atoms with E-state index in [1.165, 1.54) is 12.1 Å². The van der Waals surface area contributed by atoms with E-state index in [2.05, 4.69) is 10.6 Å². The predicted octanol–water partition coefficient (Wildman–Crippen LogP) is 2.54. The molecule has 0 radical (unpaired) electrons. The van der Waals surface area contributed by atoms with E-state index in [9.17, 15) is 14.0 Å². The van der Waals surface area contributed by atoms with Gasteiger partial charge in [0.15, 0.2) is 0 Å². The van der Waals surface area contributed by atoms with Crippen molar-refractivity contribution in [2.75, 3.05) is 5.32 Å². The summed E-state index contributed by atoms with van der Waals surface area (Å²) in [5.74, 6) is -1.04. The number of benzene rings is 1. The van der Waals surface area contributed by atoms with Crippen LogP contribution in [0.15, 0.2) is 24.4 Å². The van der Waals surface area contributed by atoms with Gasteiger partial charge in [0.1, 0.15) is 17.6 Å². The Morgan fingerprint density at radius 1 is 1.44 bits per heavy atom. The van der Waals surface area contributed by atoms with Gasteiger partial charge < -0.3 is 20.3 Å². The standard InChI is InChI=1S/C17H15FN4O3/c1-22-8-12-11(3-5-14(12)21-17(24)25)15(22)16(23)20-10-2-4-13(18)9(6-10)7-19/h2,4,6,8,14,21H,3,5H2,1H3,(H,20,23)(H,24,25). The third kappa shape index (κ3) is 3.04. The zero-order valence-electron chi connectivity index (χ0n) is 13.3. The van der Waals surface area contributed by atoms with Crippen LogP contribution in [0.5, 0.6) is 0 Å². The van der Waals surface area contributed by atoms with Gasteiger partial charge in [0.2, 0.25) is 0 Å². The van der Waals surface area contributed by atoms with Crippen LogP contribution in [0, 0.1) is 17.1 Å². The molecule has 0 fully saturated rings. The topological polar surface area (TPSA) is 107 Å². The van der Waals surface area contributed by atoms with Crippen molar-refractivity contribution < 1.29 is 19.1 Å². The predicted molar refractivity (Wildman–Crippen MR) is 86.7 cm³/mol. The number of rotatable bonds is 3. The molecule has 128 valence electrons. The molecule has 3 rings (SSSR count). The summed E-state index contributed by atoms with van der Waals surface area (Å²) in [6, 6.07) is 5.16. The Kier molecular flexibility index (Phi) is 4.15. The van der Waals surface area contributed by atoms with Gasteiger partial charge in [-0.05, 0) is 42.2 Å². The fourth-order valence-corrected chi connectivity index (χ4v) is 3.18. The van der Waals surface area contributed by atoms with Gasteiger partial charge in [0, 0.05) is 18.9 Å². The zero-order chi connectivity index (χ0) is 18.1. The van der Waals surface area contributed by atoms with Gasteiger partial charge >= 0.3 is 6.09 Å². The minimum Gasteiger partial charge on any atom is -0.465 e. The minimum absolute atomic E-state index is 0.152. The van der Waals surface area contributed by atoms with Crippen molar-refractivity contribution in [2.24, 2.45) is 7.05 Å². The molecule has 7 nitrogen and oxygen atoms in total. The number of hydrogen-bond donors (Lipinski definition) is 3. The molecule has 2 amide bonds. The highest BCUT2D eigenvalue weighted by atomic mass is 19.1. The maximum atomic E-state index is 13.4. The Balaban J connectivity index is 1.87. The summed E-state index contributed by atoms with van der Waals surface area (Å²) in [7, 11) is 1.70. The highest BCUT2D eigenvalue weighted by Crippen LogP contribution is 2.35. The number of carbonyl (C=O) groups excluding carboxylic acids is 1. The second kappa shape index (κ2) is 6.28. The Morgan fingerprint density at radius 2 is 2.20 bits per heavy atom.